The van der Waals surface area contributed by atoms with Crippen molar-refractivity contribution in [1.82, 2.24) is 19.7 Å². The first-order valence-electron chi connectivity index (χ1n) is 9.84. The van der Waals surface area contributed by atoms with Gasteiger partial charge >= 0.3 is 0 Å². The number of aromatic nitrogens is 3. The third-order valence-electron chi connectivity index (χ3n) is 5.87. The second kappa shape index (κ2) is 6.44. The summed E-state index contributed by atoms with van der Waals surface area (Å²) in [6.45, 7) is 1.97. The molecular weight excluding hydrogens is 356 g/mol. The molecule has 3 aromatic rings. The second-order valence-corrected chi connectivity index (χ2v) is 8.77. The van der Waals surface area contributed by atoms with Gasteiger partial charge in [0.1, 0.15) is 0 Å². The number of carbonyl (C=O) groups is 1. The van der Waals surface area contributed by atoms with Crippen LogP contribution in [0.25, 0.3) is 21.6 Å². The zero-order valence-corrected chi connectivity index (χ0v) is 16.6. The third kappa shape index (κ3) is 2.87. The average Bonchev–Trinajstić information content (AvgIpc) is 3.05. The summed E-state index contributed by atoms with van der Waals surface area (Å²) < 4.78 is 1.80. The molecule has 140 valence electrons. The number of pyridine rings is 1. The maximum absolute atomic E-state index is 13.8. The van der Waals surface area contributed by atoms with Crippen molar-refractivity contribution in [2.75, 3.05) is 0 Å². The molecule has 2 aliphatic rings. The summed E-state index contributed by atoms with van der Waals surface area (Å²) in [6, 6.07) is 6.90. The van der Waals surface area contributed by atoms with Gasteiger partial charge in [-0.2, -0.15) is 5.10 Å². The molecule has 2 fully saturated rings. The van der Waals surface area contributed by atoms with Crippen LogP contribution in [-0.2, 0) is 7.05 Å². The van der Waals surface area contributed by atoms with Gasteiger partial charge in [-0.3, -0.25) is 9.48 Å². The average molecular weight is 381 g/mol. The molecule has 3 aromatic heterocycles. The van der Waals surface area contributed by atoms with Crippen molar-refractivity contribution in [3.05, 3.63) is 34.8 Å². The van der Waals surface area contributed by atoms with E-state index >= 15 is 0 Å². The van der Waals surface area contributed by atoms with Crippen molar-refractivity contribution in [3.63, 3.8) is 0 Å². The highest BCUT2D eigenvalue weighted by atomic mass is 32.1. The lowest BCUT2D eigenvalue weighted by molar-refractivity contribution is 0.0666. The summed E-state index contributed by atoms with van der Waals surface area (Å²) in [6.07, 6.45) is 7.03. The maximum Gasteiger partial charge on any atom is 0.255 e. The number of nitrogens with zero attached hydrogens (tertiary/aromatic N) is 4. The number of hydrogen-bond acceptors (Lipinski definition) is 4. The summed E-state index contributed by atoms with van der Waals surface area (Å²) in [7, 11) is 1.91. The molecule has 0 N–H and O–H groups in total. The van der Waals surface area contributed by atoms with Gasteiger partial charge in [-0.15, -0.1) is 11.3 Å². The van der Waals surface area contributed by atoms with Gasteiger partial charge in [0.05, 0.1) is 27.2 Å². The Balaban J connectivity index is 1.67. The molecule has 0 spiro atoms. The molecule has 0 aromatic carbocycles. The van der Waals surface area contributed by atoms with Crippen molar-refractivity contribution in [1.29, 1.82) is 0 Å². The zero-order valence-electron chi connectivity index (χ0n) is 15.8. The maximum atomic E-state index is 13.8. The lowest BCUT2D eigenvalue weighted by atomic mass is 10.1. The number of hydrogen-bond donors (Lipinski definition) is 0. The first-order valence-corrected chi connectivity index (χ1v) is 10.7. The van der Waals surface area contributed by atoms with Gasteiger partial charge in [0.2, 0.25) is 0 Å². The van der Waals surface area contributed by atoms with Crippen molar-refractivity contribution in [2.24, 2.45) is 7.05 Å². The van der Waals surface area contributed by atoms with E-state index in [4.69, 9.17) is 4.98 Å². The van der Waals surface area contributed by atoms with Gasteiger partial charge in [-0.1, -0.05) is 18.9 Å². The van der Waals surface area contributed by atoms with Gasteiger partial charge in [0.15, 0.2) is 5.65 Å². The molecule has 0 atom stereocenters. The van der Waals surface area contributed by atoms with Gasteiger partial charge in [-0.25, -0.2) is 4.98 Å². The molecule has 0 unspecified atom stereocenters. The standard InChI is InChI=1S/C21H24N4OS/c1-13-19-16(21(26)25(15-9-10-15)14-6-3-4-7-14)12-17(18-8-5-11-27-18)22-20(19)24(2)23-13/h5,8,11-12,14-15H,3-4,6-7,9-10H2,1-2H3. The Morgan fingerprint density at radius 2 is 1.96 bits per heavy atom. The van der Waals surface area contributed by atoms with Crippen LogP contribution in [0.3, 0.4) is 0 Å². The van der Waals surface area contributed by atoms with Gasteiger partial charge in [-0.05, 0) is 50.1 Å². The topological polar surface area (TPSA) is 51.0 Å². The highest BCUT2D eigenvalue weighted by molar-refractivity contribution is 7.13. The quantitative estimate of drug-likeness (QED) is 0.667. The molecule has 2 saturated carbocycles. The van der Waals surface area contributed by atoms with Crippen LogP contribution in [0, 0.1) is 6.92 Å². The van der Waals surface area contributed by atoms with Crippen LogP contribution in [0.15, 0.2) is 23.6 Å². The third-order valence-corrected chi connectivity index (χ3v) is 6.76. The fraction of sp³-hybridized carbons (Fsp3) is 0.476. The molecule has 2 aliphatic carbocycles. The number of carbonyl (C=O) groups excluding carboxylic acids is 1. The van der Waals surface area contributed by atoms with Crippen LogP contribution >= 0.6 is 11.3 Å². The van der Waals surface area contributed by atoms with Crippen LogP contribution in [0.4, 0.5) is 0 Å². The van der Waals surface area contributed by atoms with E-state index in [9.17, 15) is 4.79 Å². The Morgan fingerprint density at radius 3 is 2.63 bits per heavy atom. The van der Waals surface area contributed by atoms with Crippen LogP contribution in [0.1, 0.15) is 54.6 Å². The van der Waals surface area contributed by atoms with E-state index in [1.54, 1.807) is 16.0 Å². The molecular formula is C21H24N4OS. The number of thiophene rings is 1. The molecule has 0 bridgehead atoms. The predicted octanol–water partition coefficient (Wildman–Crippen LogP) is 4.55. The monoisotopic (exact) mass is 380 g/mol. The Hall–Kier alpha value is -2.21. The van der Waals surface area contributed by atoms with E-state index < -0.39 is 0 Å². The van der Waals surface area contributed by atoms with E-state index in [0.717, 1.165) is 58.5 Å². The lowest BCUT2D eigenvalue weighted by Gasteiger charge is -2.29. The lowest BCUT2D eigenvalue weighted by Crippen LogP contribution is -2.40. The van der Waals surface area contributed by atoms with Crippen molar-refractivity contribution >= 4 is 28.3 Å². The van der Waals surface area contributed by atoms with Crippen molar-refractivity contribution in [2.45, 2.75) is 57.5 Å². The molecule has 6 heteroatoms. The highest BCUT2D eigenvalue weighted by Crippen LogP contribution is 2.37. The van der Waals surface area contributed by atoms with Gasteiger partial charge in [0.25, 0.3) is 5.91 Å². The molecule has 0 radical (unpaired) electrons. The van der Waals surface area contributed by atoms with Crippen LogP contribution < -0.4 is 0 Å². The fourth-order valence-corrected chi connectivity index (χ4v) is 5.15. The van der Waals surface area contributed by atoms with E-state index in [1.165, 1.54) is 12.8 Å². The SMILES string of the molecule is Cc1nn(C)c2nc(-c3cccs3)cc(C(=O)N(C3CCCC3)C3CC3)c12. The van der Waals surface area contributed by atoms with E-state index in [0.29, 0.717) is 12.1 Å². The smallest absolute Gasteiger partial charge is 0.255 e. The summed E-state index contributed by atoms with van der Waals surface area (Å²) in [5, 5.41) is 7.52. The van der Waals surface area contributed by atoms with Gasteiger partial charge in [0, 0.05) is 19.1 Å². The normalized spacial score (nSPS) is 17.7. The van der Waals surface area contributed by atoms with Gasteiger partial charge < -0.3 is 4.90 Å². The van der Waals surface area contributed by atoms with E-state index in [1.807, 2.05) is 31.5 Å². The Morgan fingerprint density at radius 1 is 1.22 bits per heavy atom. The minimum atomic E-state index is 0.172. The summed E-state index contributed by atoms with van der Waals surface area (Å²) in [4.78, 5) is 21.9. The fourth-order valence-electron chi connectivity index (χ4n) is 4.47. The summed E-state index contributed by atoms with van der Waals surface area (Å²) in [5.74, 6) is 0.172. The molecule has 5 nitrogen and oxygen atoms in total. The number of aryl methyl sites for hydroxylation is 2. The van der Waals surface area contributed by atoms with Crippen LogP contribution in [0.2, 0.25) is 0 Å². The Bertz CT molecular complexity index is 997. The Labute approximate surface area is 163 Å². The predicted molar refractivity (Wildman–Crippen MR) is 108 cm³/mol. The number of rotatable bonds is 4. The van der Waals surface area contributed by atoms with Crippen LogP contribution in [-0.4, -0.2) is 37.7 Å². The van der Waals surface area contributed by atoms with E-state index in [-0.39, 0.29) is 5.91 Å². The molecule has 1 amide bonds. The number of fused-ring (bicyclic) bond motifs is 1. The number of amides is 1. The van der Waals surface area contributed by atoms with E-state index in [2.05, 4.69) is 16.1 Å². The Kier molecular flexibility index (Phi) is 4.04. The minimum absolute atomic E-state index is 0.172. The summed E-state index contributed by atoms with van der Waals surface area (Å²) in [5.41, 5.74) is 3.31. The van der Waals surface area contributed by atoms with Crippen LogP contribution in [0.5, 0.6) is 0 Å². The largest absolute Gasteiger partial charge is 0.333 e. The summed E-state index contributed by atoms with van der Waals surface area (Å²) >= 11 is 1.65. The first kappa shape index (κ1) is 16.9. The first-order chi connectivity index (χ1) is 13.1. The molecule has 27 heavy (non-hydrogen) atoms. The molecule has 3 heterocycles. The molecule has 0 aliphatic heterocycles. The van der Waals surface area contributed by atoms with Crippen molar-refractivity contribution in [3.8, 4) is 10.6 Å². The molecule has 0 saturated heterocycles. The second-order valence-electron chi connectivity index (χ2n) is 7.82. The molecule has 5 rings (SSSR count). The minimum Gasteiger partial charge on any atom is -0.333 e. The highest BCUT2D eigenvalue weighted by Gasteiger charge is 2.39. The van der Waals surface area contributed by atoms with Crippen molar-refractivity contribution < 1.29 is 4.79 Å². The zero-order chi connectivity index (χ0) is 18.5.